The van der Waals surface area contributed by atoms with Crippen molar-refractivity contribution in [2.45, 2.75) is 18.7 Å². The van der Waals surface area contributed by atoms with Crippen molar-refractivity contribution in [3.8, 4) is 0 Å². The van der Waals surface area contributed by atoms with Gasteiger partial charge >= 0.3 is 37.2 Å². The Kier molecular flexibility index (Phi) is 13.4. The number of halogens is 2. The second-order valence-electron chi connectivity index (χ2n) is 5.28. The predicted octanol–water partition coefficient (Wildman–Crippen LogP) is 1.82. The topological polar surface area (TPSA) is 95.9 Å². The molecule has 24 heavy (non-hydrogen) atoms. The van der Waals surface area contributed by atoms with Gasteiger partial charge in [-0.2, -0.15) is 8.42 Å². The van der Waals surface area contributed by atoms with Gasteiger partial charge in [-0.1, -0.05) is 6.92 Å². The van der Waals surface area contributed by atoms with Crippen LogP contribution in [0, 0.1) is 5.92 Å². The van der Waals surface area contributed by atoms with E-state index in [0.717, 1.165) is 0 Å². The molecule has 2 N–H and O–H groups in total. The SMILES string of the molecule is CC(CSC1CCOP(=O)(N(CCCl)CCCl)N1)CS(=O)(=O)O.[NaH]. The molecular formula is C11H24Cl2N2NaO5PS2. The van der Waals surface area contributed by atoms with Crippen molar-refractivity contribution in [3.05, 3.63) is 0 Å². The van der Waals surface area contributed by atoms with Gasteiger partial charge in [-0.15, -0.1) is 35.0 Å². The number of nitrogens with one attached hydrogen (secondary N) is 1. The van der Waals surface area contributed by atoms with Crippen LogP contribution in [-0.2, 0) is 19.2 Å². The van der Waals surface area contributed by atoms with E-state index in [0.29, 0.717) is 43.6 Å². The summed E-state index contributed by atoms with van der Waals surface area (Å²) in [5, 5.41) is 2.89. The van der Waals surface area contributed by atoms with Crippen LogP contribution in [0.3, 0.4) is 0 Å². The van der Waals surface area contributed by atoms with Crippen LogP contribution in [0.5, 0.6) is 0 Å². The third-order valence-corrected chi connectivity index (χ3v) is 8.42. The third-order valence-electron chi connectivity index (χ3n) is 3.09. The average molecular weight is 453 g/mol. The van der Waals surface area contributed by atoms with Crippen LogP contribution in [-0.4, -0.2) is 95.5 Å². The molecule has 0 aromatic rings. The first kappa shape index (κ1) is 26.0. The van der Waals surface area contributed by atoms with Gasteiger partial charge in [0.15, 0.2) is 0 Å². The summed E-state index contributed by atoms with van der Waals surface area (Å²) in [6, 6.07) is 0. The fraction of sp³-hybridized carbons (Fsp3) is 1.00. The monoisotopic (exact) mass is 452 g/mol. The molecule has 1 aliphatic rings. The van der Waals surface area contributed by atoms with Gasteiger partial charge in [-0.3, -0.25) is 9.12 Å². The Labute approximate surface area is 180 Å². The number of thioether (sulfide) groups is 1. The van der Waals surface area contributed by atoms with Crippen molar-refractivity contribution < 1.29 is 22.1 Å². The normalized spacial score (nSPS) is 26.1. The van der Waals surface area contributed by atoms with Crippen molar-refractivity contribution in [2.24, 2.45) is 5.92 Å². The second kappa shape index (κ2) is 12.4. The van der Waals surface area contributed by atoms with Crippen LogP contribution in [0.15, 0.2) is 0 Å². The van der Waals surface area contributed by atoms with Gasteiger partial charge in [-0.05, 0) is 18.1 Å². The molecule has 0 saturated carbocycles. The molecule has 0 amide bonds. The first-order valence-electron chi connectivity index (χ1n) is 7.16. The average Bonchev–Trinajstić information content (AvgIpc) is 2.43. The summed E-state index contributed by atoms with van der Waals surface area (Å²) in [4.78, 5) is 0. The second-order valence-corrected chi connectivity index (χ2v) is 10.9. The molecule has 7 nitrogen and oxygen atoms in total. The first-order valence-corrected chi connectivity index (χ1v) is 12.5. The Morgan fingerprint density at radius 2 is 2.00 bits per heavy atom. The van der Waals surface area contributed by atoms with E-state index in [2.05, 4.69) is 5.09 Å². The molecule has 1 saturated heterocycles. The summed E-state index contributed by atoms with van der Waals surface area (Å²) in [5.74, 6) is 0.652. The van der Waals surface area contributed by atoms with E-state index in [1.807, 2.05) is 0 Å². The van der Waals surface area contributed by atoms with Crippen LogP contribution in [0.2, 0.25) is 0 Å². The van der Waals surface area contributed by atoms with Gasteiger partial charge in [0.05, 0.1) is 17.7 Å². The van der Waals surface area contributed by atoms with Crippen molar-refractivity contribution in [3.63, 3.8) is 0 Å². The summed E-state index contributed by atoms with van der Waals surface area (Å²) in [5.41, 5.74) is 0. The Hall–Kier alpha value is 1.95. The minimum atomic E-state index is -3.98. The molecule has 0 aromatic heterocycles. The number of nitrogens with zero attached hydrogens (tertiary/aromatic N) is 1. The first-order chi connectivity index (χ1) is 10.7. The predicted molar refractivity (Wildman–Crippen MR) is 103 cm³/mol. The zero-order valence-corrected chi connectivity index (χ0v) is 16.9. The van der Waals surface area contributed by atoms with E-state index < -0.39 is 17.8 Å². The molecule has 0 bridgehead atoms. The molecule has 1 fully saturated rings. The number of rotatable bonds is 10. The maximum absolute atomic E-state index is 12.9. The number of hydrogen-bond acceptors (Lipinski definition) is 5. The van der Waals surface area contributed by atoms with Gasteiger partial charge in [0.2, 0.25) is 0 Å². The minimum absolute atomic E-state index is 0. The Balaban J connectivity index is 0.00000529. The third kappa shape index (κ3) is 9.76. The summed E-state index contributed by atoms with van der Waals surface area (Å²) in [6.07, 6.45) is 0.656. The van der Waals surface area contributed by atoms with Crippen molar-refractivity contribution in [2.75, 3.05) is 43.0 Å². The molecule has 140 valence electrons. The number of hydrogen-bond donors (Lipinski definition) is 2. The van der Waals surface area contributed by atoms with Gasteiger partial charge < -0.3 is 4.52 Å². The summed E-state index contributed by atoms with van der Waals surface area (Å²) in [6.45, 7) is 2.88. The zero-order chi connectivity index (χ0) is 17.5. The zero-order valence-electron chi connectivity index (χ0n) is 12.9. The van der Waals surface area contributed by atoms with Gasteiger partial charge in [0.1, 0.15) is 0 Å². The van der Waals surface area contributed by atoms with Crippen molar-refractivity contribution in [1.82, 2.24) is 9.76 Å². The van der Waals surface area contributed by atoms with Gasteiger partial charge in [0, 0.05) is 24.8 Å². The molecular weight excluding hydrogens is 429 g/mol. The fourth-order valence-corrected chi connectivity index (χ4v) is 7.35. The molecule has 13 heteroatoms. The van der Waals surface area contributed by atoms with E-state index in [1.54, 1.807) is 11.6 Å². The Morgan fingerprint density at radius 3 is 2.50 bits per heavy atom. The van der Waals surface area contributed by atoms with Gasteiger partial charge in [0.25, 0.3) is 10.1 Å². The fourth-order valence-electron chi connectivity index (χ4n) is 2.11. The quantitative estimate of drug-likeness (QED) is 0.224. The molecule has 0 aromatic carbocycles. The van der Waals surface area contributed by atoms with E-state index in [9.17, 15) is 13.0 Å². The van der Waals surface area contributed by atoms with Crippen molar-refractivity contribution in [1.29, 1.82) is 0 Å². The van der Waals surface area contributed by atoms with E-state index in [4.69, 9.17) is 32.3 Å². The van der Waals surface area contributed by atoms with Crippen molar-refractivity contribution >= 4 is 82.3 Å². The summed E-state index contributed by atoms with van der Waals surface area (Å²) >= 11 is 12.9. The molecule has 0 radical (unpaired) electrons. The van der Waals surface area contributed by atoms with Crippen LogP contribution in [0.1, 0.15) is 13.3 Å². The molecule has 0 aliphatic carbocycles. The maximum atomic E-state index is 12.9. The van der Waals surface area contributed by atoms with Gasteiger partial charge in [-0.25, -0.2) is 9.76 Å². The van der Waals surface area contributed by atoms with E-state index >= 15 is 0 Å². The number of alkyl halides is 2. The van der Waals surface area contributed by atoms with E-state index in [1.165, 1.54) is 11.8 Å². The molecule has 1 rings (SSSR count). The molecule has 1 aliphatic heterocycles. The molecule has 1 heterocycles. The van der Waals surface area contributed by atoms with Crippen LogP contribution >= 0.6 is 42.6 Å². The van der Waals surface area contributed by atoms with Crippen LogP contribution in [0.25, 0.3) is 0 Å². The van der Waals surface area contributed by atoms with E-state index in [-0.39, 0.29) is 46.6 Å². The Bertz CT molecular complexity index is 511. The molecule has 3 atom stereocenters. The van der Waals surface area contributed by atoms with Crippen LogP contribution < -0.4 is 5.09 Å². The Morgan fingerprint density at radius 1 is 1.42 bits per heavy atom. The van der Waals surface area contributed by atoms with Crippen LogP contribution in [0.4, 0.5) is 0 Å². The molecule has 3 unspecified atom stereocenters. The standard InChI is InChI=1S/C11H23Cl2N2O5PS2.Na.H/c1-10(9-23(17,18)19)8-22-11-2-7-20-21(16,14-11)15(5-3-12)6-4-13;;/h10-11H,2-9H2,1H3,(H,14,16)(H,17,18,19);;. The molecule has 0 spiro atoms. The summed E-state index contributed by atoms with van der Waals surface area (Å²) in [7, 11) is -7.17. The summed E-state index contributed by atoms with van der Waals surface area (Å²) < 4.78 is 50.6.